The number of carboxylic acid groups (broad SMARTS) is 1. The number of aliphatic carboxylic acids is 1. The molecule has 0 aromatic rings. The second-order valence-corrected chi connectivity index (χ2v) is 14.2. The number of carbonyl (C=O) groups is 4. The van der Waals surface area contributed by atoms with Gasteiger partial charge in [-0.25, -0.2) is 0 Å². The summed E-state index contributed by atoms with van der Waals surface area (Å²) in [5.41, 5.74) is -3.99. The van der Waals surface area contributed by atoms with E-state index in [1.807, 2.05) is 27.7 Å². The number of rotatable bonds is 6. The van der Waals surface area contributed by atoms with Crippen LogP contribution in [0.2, 0.25) is 0 Å². The standard InChI is InChI=1S/C30H44O8/c1-15(25(36)37)10-16(31)13-29(6,38)20-12-22(35)30(7)24-17(32)11-19-26(2,3)21(34)8-9-27(19,4)23(24)18(33)14-28(20,30)5/h15,17,19-21,32,34,38H,8-14H2,1-7H3,(H,36,37)/t15-,17-,19+,20-,21-,27-,28+,29-,30-/m0/s1. The van der Waals surface area contributed by atoms with Crippen LogP contribution in [-0.4, -0.2) is 61.6 Å². The average molecular weight is 533 g/mol. The minimum atomic E-state index is -1.64. The van der Waals surface area contributed by atoms with Crippen LogP contribution in [-0.2, 0) is 19.2 Å². The fourth-order valence-electron chi connectivity index (χ4n) is 9.16. The highest BCUT2D eigenvalue weighted by Gasteiger charge is 2.71. The normalized spacial score (nSPS) is 42.6. The first-order valence-electron chi connectivity index (χ1n) is 13.9. The monoisotopic (exact) mass is 532 g/mol. The van der Waals surface area contributed by atoms with Crippen molar-refractivity contribution in [1.82, 2.24) is 0 Å². The Balaban J connectivity index is 1.78. The smallest absolute Gasteiger partial charge is 0.306 e. The lowest BCUT2D eigenvalue weighted by molar-refractivity contribution is -0.148. The predicted molar refractivity (Wildman–Crippen MR) is 139 cm³/mol. The molecule has 4 aliphatic rings. The number of carbonyl (C=O) groups excluding carboxylic acids is 3. The van der Waals surface area contributed by atoms with Crippen LogP contribution in [0.3, 0.4) is 0 Å². The van der Waals surface area contributed by atoms with Gasteiger partial charge in [0.15, 0.2) is 5.78 Å². The van der Waals surface area contributed by atoms with Crippen molar-refractivity contribution in [1.29, 1.82) is 0 Å². The van der Waals surface area contributed by atoms with E-state index in [1.54, 1.807) is 6.92 Å². The number of ketones is 3. The molecule has 4 aliphatic carbocycles. The lowest BCUT2D eigenvalue weighted by Crippen LogP contribution is -2.61. The number of aliphatic hydroxyl groups is 3. The Bertz CT molecular complexity index is 1120. The van der Waals surface area contributed by atoms with Gasteiger partial charge in [0.2, 0.25) is 0 Å². The third kappa shape index (κ3) is 3.80. The van der Waals surface area contributed by atoms with Crippen molar-refractivity contribution < 1.29 is 39.6 Å². The molecule has 0 bridgehead atoms. The van der Waals surface area contributed by atoms with Crippen LogP contribution in [0.15, 0.2) is 11.1 Å². The molecule has 0 heterocycles. The number of fused-ring (bicyclic) bond motifs is 4. The molecule has 0 radical (unpaired) electrons. The topological polar surface area (TPSA) is 149 Å². The number of hydrogen-bond donors (Lipinski definition) is 4. The molecule has 4 rings (SSSR count). The van der Waals surface area contributed by atoms with Crippen LogP contribution in [0.25, 0.3) is 0 Å². The fourth-order valence-corrected chi connectivity index (χ4v) is 9.16. The molecule has 0 amide bonds. The van der Waals surface area contributed by atoms with E-state index in [2.05, 4.69) is 0 Å². The van der Waals surface area contributed by atoms with Crippen molar-refractivity contribution in [3.05, 3.63) is 11.1 Å². The Morgan fingerprint density at radius 1 is 1.11 bits per heavy atom. The molecular weight excluding hydrogens is 488 g/mol. The van der Waals surface area contributed by atoms with E-state index in [4.69, 9.17) is 0 Å². The maximum Gasteiger partial charge on any atom is 0.306 e. The quantitative estimate of drug-likeness (QED) is 0.407. The molecule has 4 N–H and O–H groups in total. The lowest BCUT2D eigenvalue weighted by Gasteiger charge is -2.62. The molecule has 2 saturated carbocycles. The summed E-state index contributed by atoms with van der Waals surface area (Å²) in [7, 11) is 0. The molecular formula is C30H44O8. The fraction of sp³-hybridized carbons (Fsp3) is 0.800. The molecule has 2 fully saturated rings. The largest absolute Gasteiger partial charge is 0.481 e. The molecule has 212 valence electrons. The summed E-state index contributed by atoms with van der Waals surface area (Å²) in [4.78, 5) is 52.0. The van der Waals surface area contributed by atoms with Gasteiger partial charge < -0.3 is 20.4 Å². The van der Waals surface area contributed by atoms with Gasteiger partial charge >= 0.3 is 5.97 Å². The summed E-state index contributed by atoms with van der Waals surface area (Å²) in [6.07, 6.45) is -0.727. The Morgan fingerprint density at radius 2 is 1.71 bits per heavy atom. The van der Waals surface area contributed by atoms with Crippen molar-refractivity contribution in [3.8, 4) is 0 Å². The van der Waals surface area contributed by atoms with Crippen LogP contribution in [0.1, 0.15) is 93.4 Å². The van der Waals surface area contributed by atoms with Gasteiger partial charge in [-0.2, -0.15) is 0 Å². The van der Waals surface area contributed by atoms with Gasteiger partial charge in [0.25, 0.3) is 0 Å². The summed E-state index contributed by atoms with van der Waals surface area (Å²) < 4.78 is 0. The van der Waals surface area contributed by atoms with Crippen LogP contribution < -0.4 is 0 Å². The Hall–Kier alpha value is -1.90. The van der Waals surface area contributed by atoms with Crippen molar-refractivity contribution in [2.45, 2.75) is 111 Å². The predicted octanol–water partition coefficient (Wildman–Crippen LogP) is 3.25. The van der Waals surface area contributed by atoms with Crippen molar-refractivity contribution in [2.75, 3.05) is 0 Å². The van der Waals surface area contributed by atoms with Crippen LogP contribution in [0.5, 0.6) is 0 Å². The number of aliphatic hydroxyl groups excluding tert-OH is 2. The first-order chi connectivity index (χ1) is 17.2. The zero-order valence-electron chi connectivity index (χ0n) is 23.8. The second kappa shape index (κ2) is 8.80. The summed E-state index contributed by atoms with van der Waals surface area (Å²) in [5, 5.41) is 43.2. The molecule has 0 saturated heterocycles. The summed E-state index contributed by atoms with van der Waals surface area (Å²) in [6, 6.07) is 0. The van der Waals surface area contributed by atoms with Gasteiger partial charge in [0.1, 0.15) is 11.6 Å². The highest BCUT2D eigenvalue weighted by Crippen LogP contribution is 2.71. The Kier molecular flexibility index (Phi) is 6.74. The van der Waals surface area contributed by atoms with Crippen molar-refractivity contribution >= 4 is 23.3 Å². The van der Waals surface area contributed by atoms with E-state index >= 15 is 0 Å². The highest BCUT2D eigenvalue weighted by molar-refractivity contribution is 6.05. The molecule has 8 nitrogen and oxygen atoms in total. The lowest BCUT2D eigenvalue weighted by atomic mass is 9.42. The Labute approximate surface area is 224 Å². The summed E-state index contributed by atoms with van der Waals surface area (Å²) in [5.74, 6) is -3.56. The van der Waals surface area contributed by atoms with Crippen LogP contribution in [0, 0.1) is 39.4 Å². The molecule has 0 aromatic carbocycles. The Morgan fingerprint density at radius 3 is 2.29 bits per heavy atom. The number of allylic oxidation sites excluding steroid dienone is 1. The van der Waals surface area contributed by atoms with E-state index in [9.17, 15) is 39.6 Å². The molecule has 38 heavy (non-hydrogen) atoms. The molecule has 0 aromatic heterocycles. The van der Waals surface area contributed by atoms with E-state index < -0.39 is 63.1 Å². The molecule has 0 spiro atoms. The van der Waals surface area contributed by atoms with Crippen molar-refractivity contribution in [2.24, 2.45) is 39.4 Å². The van der Waals surface area contributed by atoms with E-state index in [-0.39, 0.29) is 43.2 Å². The zero-order chi connectivity index (χ0) is 28.8. The van der Waals surface area contributed by atoms with Gasteiger partial charge in [-0.05, 0) is 60.8 Å². The summed E-state index contributed by atoms with van der Waals surface area (Å²) in [6.45, 7) is 12.5. The minimum Gasteiger partial charge on any atom is -0.481 e. The van der Waals surface area contributed by atoms with E-state index in [0.717, 1.165) is 0 Å². The van der Waals surface area contributed by atoms with Crippen molar-refractivity contribution in [3.63, 3.8) is 0 Å². The first-order valence-corrected chi connectivity index (χ1v) is 13.9. The van der Waals surface area contributed by atoms with E-state index in [1.165, 1.54) is 13.8 Å². The summed E-state index contributed by atoms with van der Waals surface area (Å²) >= 11 is 0. The van der Waals surface area contributed by atoms with Gasteiger partial charge in [0, 0.05) is 37.2 Å². The average Bonchev–Trinajstić information content (AvgIpc) is 2.99. The molecule has 0 aliphatic heterocycles. The minimum absolute atomic E-state index is 0.00657. The molecule has 0 unspecified atom stereocenters. The van der Waals surface area contributed by atoms with Gasteiger partial charge in [-0.15, -0.1) is 0 Å². The number of Topliss-reactive ketones (excluding diaryl/α,β-unsaturated/α-hetero) is 3. The van der Waals surface area contributed by atoms with Gasteiger partial charge in [0.05, 0.1) is 29.1 Å². The molecule has 9 atom stereocenters. The SMILES string of the molecule is C[C@@H](CC(=O)C[C@](C)(O)[C@H]1CC(=O)[C@@]2(C)C3=C(C(=O)C[C@]12C)[C@@]1(C)CC[C@H](O)C(C)(C)[C@H]1C[C@@H]3O)C(=O)O. The number of carboxylic acids is 1. The van der Waals surface area contributed by atoms with Crippen LogP contribution in [0.4, 0.5) is 0 Å². The maximum atomic E-state index is 14.1. The van der Waals surface area contributed by atoms with E-state index in [0.29, 0.717) is 30.4 Å². The van der Waals surface area contributed by atoms with Gasteiger partial charge in [-0.1, -0.05) is 34.6 Å². The highest BCUT2D eigenvalue weighted by atomic mass is 16.4. The van der Waals surface area contributed by atoms with Gasteiger partial charge in [-0.3, -0.25) is 19.2 Å². The first kappa shape index (κ1) is 29.1. The third-order valence-electron chi connectivity index (χ3n) is 11.6. The third-order valence-corrected chi connectivity index (χ3v) is 11.6. The number of hydrogen-bond acceptors (Lipinski definition) is 7. The van der Waals surface area contributed by atoms with Crippen LogP contribution >= 0.6 is 0 Å². The second-order valence-electron chi connectivity index (χ2n) is 14.2. The zero-order valence-corrected chi connectivity index (χ0v) is 23.8. The molecule has 8 heteroatoms. The maximum absolute atomic E-state index is 14.1.